The Hall–Kier alpha value is -2.95. The molecule has 2 N–H and O–H groups in total. The van der Waals surface area contributed by atoms with Crippen molar-refractivity contribution in [3.63, 3.8) is 0 Å². The van der Waals surface area contributed by atoms with Crippen molar-refractivity contribution in [1.82, 2.24) is 15.0 Å². The number of pyridine rings is 1. The van der Waals surface area contributed by atoms with Gasteiger partial charge in [0, 0.05) is 31.0 Å². The van der Waals surface area contributed by atoms with E-state index in [0.29, 0.717) is 0 Å². The molecule has 1 aliphatic rings. The van der Waals surface area contributed by atoms with Gasteiger partial charge in [0.05, 0.1) is 5.69 Å². The fraction of sp³-hybridized carbons (Fsp3) is 0.286. The number of nitrogen functional groups attached to an aromatic ring is 1. The molecule has 0 atom stereocenters. The Morgan fingerprint density at radius 1 is 0.885 bits per heavy atom. The highest BCUT2D eigenvalue weighted by atomic mass is 15.2. The van der Waals surface area contributed by atoms with Crippen molar-refractivity contribution in [3.05, 3.63) is 66.0 Å². The molecule has 0 aliphatic carbocycles. The van der Waals surface area contributed by atoms with E-state index in [1.54, 1.807) is 12.4 Å². The van der Waals surface area contributed by atoms with Gasteiger partial charge in [0.25, 0.3) is 0 Å². The van der Waals surface area contributed by atoms with E-state index in [-0.39, 0.29) is 5.95 Å². The standard InChI is InChI=1S/C21H23N5/c22-21-23-14-18(15-24-21)19-12-17(11-16-7-3-1-4-8-16)13-20(25-19)26-9-5-2-6-10-26/h1,3-4,7-8,12-15H,2,5-6,9-11H2,(H2,22,23,24). The quantitative estimate of drug-likeness (QED) is 0.781. The average Bonchev–Trinajstić information content (AvgIpc) is 2.70. The number of benzene rings is 1. The second-order valence-electron chi connectivity index (χ2n) is 6.76. The minimum Gasteiger partial charge on any atom is -0.368 e. The molecule has 1 saturated heterocycles. The molecule has 132 valence electrons. The fourth-order valence-corrected chi connectivity index (χ4v) is 3.41. The Morgan fingerprint density at radius 3 is 2.35 bits per heavy atom. The van der Waals surface area contributed by atoms with Gasteiger partial charge in [0.1, 0.15) is 5.82 Å². The third-order valence-electron chi connectivity index (χ3n) is 4.77. The first kappa shape index (κ1) is 16.5. The summed E-state index contributed by atoms with van der Waals surface area (Å²) < 4.78 is 0. The highest BCUT2D eigenvalue weighted by Crippen LogP contribution is 2.26. The van der Waals surface area contributed by atoms with Crippen molar-refractivity contribution in [3.8, 4) is 11.3 Å². The first-order valence-electron chi connectivity index (χ1n) is 9.16. The second-order valence-corrected chi connectivity index (χ2v) is 6.76. The summed E-state index contributed by atoms with van der Waals surface area (Å²) in [4.78, 5) is 15.5. The minimum atomic E-state index is 0.283. The van der Waals surface area contributed by atoms with Gasteiger partial charge in [-0.25, -0.2) is 15.0 Å². The van der Waals surface area contributed by atoms with Crippen LogP contribution in [0.15, 0.2) is 54.9 Å². The first-order valence-corrected chi connectivity index (χ1v) is 9.16. The third kappa shape index (κ3) is 3.82. The molecule has 2 aromatic heterocycles. The van der Waals surface area contributed by atoms with Gasteiger partial charge < -0.3 is 10.6 Å². The second kappa shape index (κ2) is 7.52. The molecule has 5 heteroatoms. The molecule has 0 radical (unpaired) electrons. The predicted molar refractivity (Wildman–Crippen MR) is 105 cm³/mol. The van der Waals surface area contributed by atoms with Crippen LogP contribution >= 0.6 is 0 Å². The monoisotopic (exact) mass is 345 g/mol. The largest absolute Gasteiger partial charge is 0.368 e. The molecular formula is C21H23N5. The van der Waals surface area contributed by atoms with Crippen LogP contribution < -0.4 is 10.6 Å². The van der Waals surface area contributed by atoms with Crippen LogP contribution in [0.5, 0.6) is 0 Å². The summed E-state index contributed by atoms with van der Waals surface area (Å²) in [6.45, 7) is 2.14. The van der Waals surface area contributed by atoms with Gasteiger partial charge in [-0.05, 0) is 48.9 Å². The number of hydrogen-bond donors (Lipinski definition) is 1. The van der Waals surface area contributed by atoms with Crippen LogP contribution in [0.2, 0.25) is 0 Å². The van der Waals surface area contributed by atoms with E-state index >= 15 is 0 Å². The van der Waals surface area contributed by atoms with Crippen LogP contribution in [0.25, 0.3) is 11.3 Å². The summed E-state index contributed by atoms with van der Waals surface area (Å²) in [6.07, 6.45) is 8.13. The van der Waals surface area contributed by atoms with Gasteiger partial charge in [-0.3, -0.25) is 0 Å². The number of nitrogens with two attached hydrogens (primary N) is 1. The highest BCUT2D eigenvalue weighted by Gasteiger charge is 2.15. The number of nitrogens with zero attached hydrogens (tertiary/aromatic N) is 4. The first-order chi connectivity index (χ1) is 12.8. The van der Waals surface area contributed by atoms with Crippen LogP contribution in [-0.2, 0) is 6.42 Å². The lowest BCUT2D eigenvalue weighted by molar-refractivity contribution is 0.573. The molecule has 4 rings (SSSR count). The smallest absolute Gasteiger partial charge is 0.219 e. The molecular weight excluding hydrogens is 322 g/mol. The maximum Gasteiger partial charge on any atom is 0.219 e. The fourth-order valence-electron chi connectivity index (χ4n) is 3.41. The Kier molecular flexibility index (Phi) is 4.78. The molecule has 3 heterocycles. The van der Waals surface area contributed by atoms with Crippen molar-refractivity contribution in [2.45, 2.75) is 25.7 Å². The average molecular weight is 345 g/mol. The minimum absolute atomic E-state index is 0.283. The summed E-state index contributed by atoms with van der Waals surface area (Å²) in [5, 5.41) is 0. The molecule has 0 bridgehead atoms. The molecule has 0 saturated carbocycles. The van der Waals surface area contributed by atoms with Crippen molar-refractivity contribution in [2.75, 3.05) is 23.7 Å². The lowest BCUT2D eigenvalue weighted by atomic mass is 10.0. The van der Waals surface area contributed by atoms with Gasteiger partial charge in [-0.1, -0.05) is 30.3 Å². The summed E-state index contributed by atoms with van der Waals surface area (Å²) in [5.41, 5.74) is 9.97. The Balaban J connectivity index is 1.72. The zero-order chi connectivity index (χ0) is 17.8. The van der Waals surface area contributed by atoms with Crippen molar-refractivity contribution >= 4 is 11.8 Å². The zero-order valence-electron chi connectivity index (χ0n) is 14.8. The van der Waals surface area contributed by atoms with Crippen LogP contribution in [0, 0.1) is 0 Å². The maximum absolute atomic E-state index is 5.63. The van der Waals surface area contributed by atoms with Crippen molar-refractivity contribution < 1.29 is 0 Å². The van der Waals surface area contributed by atoms with E-state index in [9.17, 15) is 0 Å². The van der Waals surface area contributed by atoms with E-state index in [0.717, 1.165) is 36.6 Å². The predicted octanol–water partition coefficient (Wildman–Crippen LogP) is 3.70. The van der Waals surface area contributed by atoms with Crippen molar-refractivity contribution in [2.24, 2.45) is 0 Å². The van der Waals surface area contributed by atoms with Gasteiger partial charge >= 0.3 is 0 Å². The molecule has 1 aliphatic heterocycles. The maximum atomic E-state index is 5.63. The molecule has 1 fully saturated rings. The van der Waals surface area contributed by atoms with E-state index in [2.05, 4.69) is 51.3 Å². The summed E-state index contributed by atoms with van der Waals surface area (Å²) in [5.74, 6) is 1.33. The molecule has 0 unspecified atom stereocenters. The van der Waals surface area contributed by atoms with E-state index < -0.39 is 0 Å². The zero-order valence-corrected chi connectivity index (χ0v) is 14.8. The van der Waals surface area contributed by atoms with Crippen LogP contribution in [0.3, 0.4) is 0 Å². The number of anilines is 2. The lowest BCUT2D eigenvalue weighted by Gasteiger charge is -2.28. The normalized spacial score (nSPS) is 14.4. The number of rotatable bonds is 4. The molecule has 0 spiro atoms. The topological polar surface area (TPSA) is 67.9 Å². The molecule has 26 heavy (non-hydrogen) atoms. The van der Waals surface area contributed by atoms with Crippen LogP contribution in [0.4, 0.5) is 11.8 Å². The lowest BCUT2D eigenvalue weighted by Crippen LogP contribution is -2.30. The molecule has 0 amide bonds. The van der Waals surface area contributed by atoms with Crippen LogP contribution in [0.1, 0.15) is 30.4 Å². The highest BCUT2D eigenvalue weighted by molar-refractivity contribution is 5.62. The molecule has 1 aromatic carbocycles. The van der Waals surface area contributed by atoms with Gasteiger partial charge in [-0.15, -0.1) is 0 Å². The Labute approximate surface area is 153 Å². The number of hydrogen-bond acceptors (Lipinski definition) is 5. The van der Waals surface area contributed by atoms with Crippen molar-refractivity contribution in [1.29, 1.82) is 0 Å². The Bertz CT molecular complexity index is 855. The number of aromatic nitrogens is 3. The van der Waals surface area contributed by atoms with Gasteiger partial charge in [0.2, 0.25) is 5.95 Å². The summed E-state index contributed by atoms with van der Waals surface area (Å²) in [6, 6.07) is 14.9. The van der Waals surface area contributed by atoms with Gasteiger partial charge in [-0.2, -0.15) is 0 Å². The summed E-state index contributed by atoms with van der Waals surface area (Å²) >= 11 is 0. The summed E-state index contributed by atoms with van der Waals surface area (Å²) in [7, 11) is 0. The van der Waals surface area contributed by atoms with E-state index in [1.807, 2.05) is 6.07 Å². The van der Waals surface area contributed by atoms with Gasteiger partial charge in [0.15, 0.2) is 0 Å². The van der Waals surface area contributed by atoms with Crippen LogP contribution in [-0.4, -0.2) is 28.0 Å². The van der Waals surface area contributed by atoms with E-state index in [4.69, 9.17) is 10.7 Å². The SMILES string of the molecule is Nc1ncc(-c2cc(Cc3ccccc3)cc(N3CCCCC3)n2)cn1. The van der Waals surface area contributed by atoms with E-state index in [1.165, 1.54) is 30.4 Å². The number of piperidine rings is 1. The molecule has 5 nitrogen and oxygen atoms in total. The molecule has 3 aromatic rings. The third-order valence-corrected chi connectivity index (χ3v) is 4.77. The Morgan fingerprint density at radius 2 is 1.62 bits per heavy atom.